The van der Waals surface area contributed by atoms with Crippen LogP contribution in [0.5, 0.6) is 0 Å². The summed E-state index contributed by atoms with van der Waals surface area (Å²) >= 11 is 0. The van der Waals surface area contributed by atoms with E-state index >= 15 is 0 Å². The standard InChI is InChI=1S/C13H16N4O/c14-8-4-7-12(17-10-13(15)18)9-16-11-5-2-1-3-6-11/h1-9,17H,10,14H2,(H2,15,18). The number of benzene rings is 1. The van der Waals surface area contributed by atoms with Crippen LogP contribution in [0.4, 0.5) is 5.69 Å². The van der Waals surface area contributed by atoms with E-state index in [4.69, 9.17) is 11.5 Å². The quantitative estimate of drug-likeness (QED) is 0.511. The fourth-order valence-corrected chi connectivity index (χ4v) is 1.15. The number of nitrogens with two attached hydrogens (primary N) is 2. The highest BCUT2D eigenvalue weighted by atomic mass is 16.1. The minimum absolute atomic E-state index is 0.0467. The summed E-state index contributed by atoms with van der Waals surface area (Å²) in [6, 6.07) is 9.46. The second kappa shape index (κ2) is 7.67. The number of para-hydroxylation sites is 1. The van der Waals surface area contributed by atoms with E-state index in [1.165, 1.54) is 6.20 Å². The molecule has 0 atom stereocenters. The molecule has 1 aromatic carbocycles. The van der Waals surface area contributed by atoms with Crippen molar-refractivity contribution in [1.82, 2.24) is 5.32 Å². The first-order chi connectivity index (χ1) is 8.72. The Morgan fingerprint density at radius 2 is 2.06 bits per heavy atom. The van der Waals surface area contributed by atoms with Crippen molar-refractivity contribution in [2.24, 2.45) is 16.5 Å². The second-order valence-corrected chi connectivity index (χ2v) is 3.42. The highest BCUT2D eigenvalue weighted by molar-refractivity contribution is 5.83. The molecule has 1 rings (SSSR count). The Kier molecular flexibility index (Phi) is 5.76. The fourth-order valence-electron chi connectivity index (χ4n) is 1.15. The van der Waals surface area contributed by atoms with Crippen LogP contribution in [0.3, 0.4) is 0 Å². The number of nitrogens with one attached hydrogen (secondary N) is 1. The lowest BCUT2D eigenvalue weighted by Gasteiger charge is -2.03. The van der Waals surface area contributed by atoms with Gasteiger partial charge in [-0.2, -0.15) is 0 Å². The molecule has 0 saturated carbocycles. The molecular weight excluding hydrogens is 228 g/mol. The first-order valence-electron chi connectivity index (χ1n) is 5.42. The minimum atomic E-state index is -0.439. The lowest BCUT2D eigenvalue weighted by atomic mass is 10.3. The molecule has 0 heterocycles. The van der Waals surface area contributed by atoms with E-state index < -0.39 is 5.91 Å². The van der Waals surface area contributed by atoms with Crippen molar-refractivity contribution in [3.63, 3.8) is 0 Å². The van der Waals surface area contributed by atoms with E-state index in [0.29, 0.717) is 5.70 Å². The number of nitrogens with zero attached hydrogens (tertiary/aromatic N) is 1. The maximum Gasteiger partial charge on any atom is 0.236 e. The van der Waals surface area contributed by atoms with E-state index in [0.717, 1.165) is 5.69 Å². The summed E-state index contributed by atoms with van der Waals surface area (Å²) in [7, 11) is 0. The zero-order chi connectivity index (χ0) is 13.2. The van der Waals surface area contributed by atoms with Gasteiger partial charge in [-0.15, -0.1) is 0 Å². The zero-order valence-corrected chi connectivity index (χ0v) is 9.91. The van der Waals surface area contributed by atoms with Gasteiger partial charge in [-0.1, -0.05) is 18.2 Å². The van der Waals surface area contributed by atoms with Gasteiger partial charge in [-0.25, -0.2) is 0 Å². The average molecular weight is 244 g/mol. The summed E-state index contributed by atoms with van der Waals surface area (Å²) in [5.74, 6) is -0.439. The molecule has 0 aromatic heterocycles. The summed E-state index contributed by atoms with van der Waals surface area (Å²) in [4.78, 5) is 15.0. The van der Waals surface area contributed by atoms with Gasteiger partial charge in [0.2, 0.25) is 5.91 Å². The number of hydrogen-bond donors (Lipinski definition) is 3. The molecule has 0 aliphatic rings. The molecule has 5 N–H and O–H groups in total. The third-order valence-corrected chi connectivity index (χ3v) is 1.96. The summed E-state index contributed by atoms with van der Waals surface area (Å²) in [5.41, 5.74) is 11.8. The molecule has 0 radical (unpaired) electrons. The van der Waals surface area contributed by atoms with Gasteiger partial charge in [0.25, 0.3) is 0 Å². The number of allylic oxidation sites excluding steroid dienone is 3. The second-order valence-electron chi connectivity index (χ2n) is 3.42. The van der Waals surface area contributed by atoms with Crippen LogP contribution in [0.15, 0.2) is 59.4 Å². The van der Waals surface area contributed by atoms with E-state index in [1.807, 2.05) is 30.3 Å². The van der Waals surface area contributed by atoms with Gasteiger partial charge < -0.3 is 16.8 Å². The third-order valence-electron chi connectivity index (χ3n) is 1.96. The van der Waals surface area contributed by atoms with Crippen molar-refractivity contribution in [1.29, 1.82) is 0 Å². The van der Waals surface area contributed by atoms with Gasteiger partial charge in [-0.05, 0) is 30.5 Å². The maximum atomic E-state index is 10.7. The molecule has 5 nitrogen and oxygen atoms in total. The molecule has 0 aliphatic heterocycles. The van der Waals surface area contributed by atoms with Gasteiger partial charge in [0.15, 0.2) is 0 Å². The topological polar surface area (TPSA) is 93.5 Å². The molecule has 0 spiro atoms. The maximum absolute atomic E-state index is 10.7. The number of aliphatic imine (C=N–C) groups is 1. The Balaban J connectivity index is 2.72. The van der Waals surface area contributed by atoms with Gasteiger partial charge in [0.05, 0.1) is 24.1 Å². The fraction of sp³-hybridized carbons (Fsp3) is 0.0769. The van der Waals surface area contributed by atoms with Gasteiger partial charge in [0.1, 0.15) is 0 Å². The molecule has 0 saturated heterocycles. The number of amides is 1. The van der Waals surface area contributed by atoms with E-state index in [1.54, 1.807) is 18.4 Å². The number of carbonyl (C=O) groups is 1. The average Bonchev–Trinajstić information content (AvgIpc) is 2.39. The predicted molar refractivity (Wildman–Crippen MR) is 73.2 cm³/mol. The van der Waals surface area contributed by atoms with Crippen LogP contribution >= 0.6 is 0 Å². The first-order valence-corrected chi connectivity index (χ1v) is 5.42. The molecule has 1 aromatic rings. The van der Waals surface area contributed by atoms with E-state index in [2.05, 4.69) is 10.3 Å². The summed E-state index contributed by atoms with van der Waals surface area (Å²) in [5, 5.41) is 2.85. The Hall–Kier alpha value is -2.56. The molecular formula is C13H16N4O. The van der Waals surface area contributed by atoms with Gasteiger partial charge >= 0.3 is 0 Å². The predicted octanol–water partition coefficient (Wildman–Crippen LogP) is 0.820. The van der Waals surface area contributed by atoms with Crippen LogP contribution in [0, 0.1) is 0 Å². The Bertz CT molecular complexity index is 463. The molecule has 94 valence electrons. The molecule has 0 bridgehead atoms. The summed E-state index contributed by atoms with van der Waals surface area (Å²) in [6.45, 7) is 0.0467. The molecule has 0 aliphatic carbocycles. The SMILES string of the molecule is NC=CC=C(C=Nc1ccccc1)NCC(N)=O. The zero-order valence-electron chi connectivity index (χ0n) is 9.91. The van der Waals surface area contributed by atoms with Crippen LogP contribution in [-0.4, -0.2) is 18.7 Å². The monoisotopic (exact) mass is 244 g/mol. The molecule has 1 amide bonds. The van der Waals surface area contributed by atoms with Crippen molar-refractivity contribution in [3.8, 4) is 0 Å². The summed E-state index contributed by atoms with van der Waals surface area (Å²) < 4.78 is 0. The van der Waals surface area contributed by atoms with Crippen LogP contribution in [0.1, 0.15) is 0 Å². The van der Waals surface area contributed by atoms with Gasteiger partial charge in [-0.3, -0.25) is 9.79 Å². The lowest BCUT2D eigenvalue weighted by Crippen LogP contribution is -2.28. The van der Waals surface area contributed by atoms with Crippen molar-refractivity contribution in [2.75, 3.05) is 6.54 Å². The van der Waals surface area contributed by atoms with Crippen LogP contribution < -0.4 is 16.8 Å². The third kappa shape index (κ3) is 5.50. The van der Waals surface area contributed by atoms with Crippen molar-refractivity contribution < 1.29 is 4.79 Å². The lowest BCUT2D eigenvalue weighted by molar-refractivity contribution is -0.117. The minimum Gasteiger partial charge on any atom is -0.405 e. The highest BCUT2D eigenvalue weighted by Gasteiger charge is 1.95. The van der Waals surface area contributed by atoms with Gasteiger partial charge in [0, 0.05) is 0 Å². The first kappa shape index (κ1) is 13.5. The Morgan fingerprint density at radius 1 is 1.33 bits per heavy atom. The number of hydrogen-bond acceptors (Lipinski definition) is 4. The van der Waals surface area contributed by atoms with Crippen LogP contribution in [-0.2, 0) is 4.79 Å². The van der Waals surface area contributed by atoms with Crippen molar-refractivity contribution in [2.45, 2.75) is 0 Å². The normalized spacial score (nSPS) is 12.1. The largest absolute Gasteiger partial charge is 0.405 e. The number of rotatable bonds is 6. The molecule has 18 heavy (non-hydrogen) atoms. The number of carbonyl (C=O) groups excluding carboxylic acids is 1. The number of primary amides is 1. The smallest absolute Gasteiger partial charge is 0.236 e. The Morgan fingerprint density at radius 3 is 2.67 bits per heavy atom. The van der Waals surface area contributed by atoms with Crippen LogP contribution in [0.2, 0.25) is 0 Å². The highest BCUT2D eigenvalue weighted by Crippen LogP contribution is 2.08. The van der Waals surface area contributed by atoms with Crippen molar-refractivity contribution >= 4 is 17.8 Å². The van der Waals surface area contributed by atoms with Crippen LogP contribution in [0.25, 0.3) is 0 Å². The summed E-state index contributed by atoms with van der Waals surface area (Å²) in [6.07, 6.45) is 6.34. The Labute approximate surface area is 106 Å². The molecule has 5 heteroatoms. The van der Waals surface area contributed by atoms with E-state index in [9.17, 15) is 4.79 Å². The molecule has 0 unspecified atom stereocenters. The van der Waals surface area contributed by atoms with E-state index in [-0.39, 0.29) is 6.54 Å². The van der Waals surface area contributed by atoms with Crippen molar-refractivity contribution in [3.05, 3.63) is 54.4 Å². The molecule has 0 fully saturated rings.